The van der Waals surface area contributed by atoms with Crippen LogP contribution < -0.4 is 5.32 Å². The largest absolute Gasteiger partial charge is 0.341 e. The van der Waals surface area contributed by atoms with E-state index in [2.05, 4.69) is 64.1 Å². The Morgan fingerprint density at radius 2 is 2.17 bits per heavy atom. The second-order valence-electron chi connectivity index (χ2n) is 5.27. The Morgan fingerprint density at radius 3 is 2.78 bits per heavy atom. The van der Waals surface area contributed by atoms with Crippen molar-refractivity contribution in [3.05, 3.63) is 27.9 Å². The summed E-state index contributed by atoms with van der Waals surface area (Å²) in [6.07, 6.45) is 2.83. The highest BCUT2D eigenvalue weighted by Gasteiger charge is 2.09. The van der Waals surface area contributed by atoms with E-state index < -0.39 is 0 Å². The molecule has 0 unspecified atom stereocenters. The number of imidazole rings is 1. The number of thiophene rings is 1. The Bertz CT molecular complexity index is 510. The van der Waals surface area contributed by atoms with E-state index in [4.69, 9.17) is 0 Å². The number of hydrogen-bond acceptors (Lipinski definition) is 3. The molecule has 2 N–H and O–H groups in total. The zero-order valence-corrected chi connectivity index (χ0v) is 13.3. The van der Waals surface area contributed by atoms with E-state index in [-0.39, 0.29) is 5.54 Å². The first-order chi connectivity index (χ1) is 8.44. The number of aromatic amines is 1. The molecule has 0 fully saturated rings. The summed E-state index contributed by atoms with van der Waals surface area (Å²) in [5.74, 6) is 1.03. The van der Waals surface area contributed by atoms with Crippen molar-refractivity contribution >= 4 is 27.3 Å². The van der Waals surface area contributed by atoms with Crippen molar-refractivity contribution in [2.75, 3.05) is 6.54 Å². The van der Waals surface area contributed by atoms with Crippen LogP contribution >= 0.6 is 27.3 Å². The molecule has 0 saturated carbocycles. The first-order valence-electron chi connectivity index (χ1n) is 5.99. The third-order valence-corrected chi connectivity index (χ3v) is 4.14. The Morgan fingerprint density at radius 1 is 1.39 bits per heavy atom. The highest BCUT2D eigenvalue weighted by molar-refractivity contribution is 9.11. The molecule has 98 valence electrons. The van der Waals surface area contributed by atoms with Gasteiger partial charge in [-0.25, -0.2) is 4.98 Å². The lowest BCUT2D eigenvalue weighted by atomic mass is 10.1. The summed E-state index contributed by atoms with van der Waals surface area (Å²) in [6.45, 7) is 7.45. The zero-order valence-electron chi connectivity index (χ0n) is 10.9. The van der Waals surface area contributed by atoms with Gasteiger partial charge < -0.3 is 10.3 Å². The SMILES string of the molecule is CC(C)(C)NCCc1ncc(-c2ccc(Br)s2)[nH]1. The predicted molar refractivity (Wildman–Crippen MR) is 81.1 cm³/mol. The van der Waals surface area contributed by atoms with Crippen LogP contribution in [-0.2, 0) is 6.42 Å². The van der Waals surface area contributed by atoms with Gasteiger partial charge in [-0.15, -0.1) is 11.3 Å². The molecule has 0 bridgehead atoms. The summed E-state index contributed by atoms with van der Waals surface area (Å²) in [4.78, 5) is 9.00. The van der Waals surface area contributed by atoms with Crippen LogP contribution in [0.25, 0.3) is 10.6 Å². The van der Waals surface area contributed by atoms with Gasteiger partial charge >= 0.3 is 0 Å². The first-order valence-corrected chi connectivity index (χ1v) is 7.59. The molecule has 0 atom stereocenters. The molecule has 0 aliphatic rings. The first kappa shape index (κ1) is 13.8. The molecule has 2 rings (SSSR count). The summed E-state index contributed by atoms with van der Waals surface area (Å²) in [7, 11) is 0. The summed E-state index contributed by atoms with van der Waals surface area (Å²) in [6, 6.07) is 4.15. The van der Waals surface area contributed by atoms with Gasteiger partial charge in [-0.05, 0) is 48.8 Å². The van der Waals surface area contributed by atoms with Gasteiger partial charge in [-0.2, -0.15) is 0 Å². The fourth-order valence-corrected chi connectivity index (χ4v) is 2.98. The lowest BCUT2D eigenvalue weighted by Gasteiger charge is -2.19. The van der Waals surface area contributed by atoms with Gasteiger partial charge in [0.2, 0.25) is 0 Å². The average molecular weight is 328 g/mol. The van der Waals surface area contributed by atoms with E-state index in [0.717, 1.165) is 28.3 Å². The molecular formula is C13H18BrN3S. The normalized spacial score (nSPS) is 12.0. The predicted octanol–water partition coefficient (Wildman–Crippen LogP) is 3.83. The molecule has 0 aliphatic heterocycles. The van der Waals surface area contributed by atoms with Crippen LogP contribution in [0.3, 0.4) is 0 Å². The van der Waals surface area contributed by atoms with E-state index in [1.165, 1.54) is 4.88 Å². The van der Waals surface area contributed by atoms with Crippen LogP contribution in [0.5, 0.6) is 0 Å². The average Bonchev–Trinajstić information content (AvgIpc) is 2.85. The van der Waals surface area contributed by atoms with Crippen molar-refractivity contribution < 1.29 is 0 Å². The van der Waals surface area contributed by atoms with Crippen molar-refractivity contribution in [2.24, 2.45) is 0 Å². The number of H-pyrrole nitrogens is 1. The smallest absolute Gasteiger partial charge is 0.107 e. The molecular weight excluding hydrogens is 310 g/mol. The quantitative estimate of drug-likeness (QED) is 0.895. The van der Waals surface area contributed by atoms with E-state index in [9.17, 15) is 0 Å². The van der Waals surface area contributed by atoms with E-state index in [0.29, 0.717) is 0 Å². The Hall–Kier alpha value is -0.650. The van der Waals surface area contributed by atoms with Crippen LogP contribution in [0.4, 0.5) is 0 Å². The molecule has 0 aliphatic carbocycles. The topological polar surface area (TPSA) is 40.7 Å². The van der Waals surface area contributed by atoms with Crippen molar-refractivity contribution in [1.82, 2.24) is 15.3 Å². The van der Waals surface area contributed by atoms with Gasteiger partial charge in [0.05, 0.1) is 20.6 Å². The Kier molecular flexibility index (Phi) is 4.25. The molecule has 2 aromatic heterocycles. The van der Waals surface area contributed by atoms with Crippen LogP contribution in [-0.4, -0.2) is 22.1 Å². The minimum atomic E-state index is 0.161. The zero-order chi connectivity index (χ0) is 13.2. The Balaban J connectivity index is 1.94. The van der Waals surface area contributed by atoms with Crippen molar-refractivity contribution in [3.8, 4) is 10.6 Å². The molecule has 5 heteroatoms. The fraction of sp³-hybridized carbons (Fsp3) is 0.462. The third kappa shape index (κ3) is 3.93. The fourth-order valence-electron chi connectivity index (χ4n) is 1.63. The summed E-state index contributed by atoms with van der Waals surface area (Å²) in [5.41, 5.74) is 1.25. The monoisotopic (exact) mass is 327 g/mol. The van der Waals surface area contributed by atoms with Crippen LogP contribution in [0.2, 0.25) is 0 Å². The standard InChI is InChI=1S/C13H18BrN3S/c1-13(2,3)16-7-6-12-15-8-9(17-12)10-4-5-11(14)18-10/h4-5,8,16H,6-7H2,1-3H3,(H,15,17). The second kappa shape index (κ2) is 5.55. The summed E-state index contributed by atoms with van der Waals surface area (Å²) >= 11 is 5.19. The van der Waals surface area contributed by atoms with Gasteiger partial charge in [0.25, 0.3) is 0 Å². The van der Waals surface area contributed by atoms with Crippen LogP contribution in [0.15, 0.2) is 22.1 Å². The second-order valence-corrected chi connectivity index (χ2v) is 7.74. The minimum Gasteiger partial charge on any atom is -0.341 e. The number of aromatic nitrogens is 2. The van der Waals surface area contributed by atoms with Crippen LogP contribution in [0, 0.1) is 0 Å². The highest BCUT2D eigenvalue weighted by atomic mass is 79.9. The van der Waals surface area contributed by atoms with E-state index in [1.54, 1.807) is 11.3 Å². The number of nitrogens with zero attached hydrogens (tertiary/aromatic N) is 1. The molecule has 18 heavy (non-hydrogen) atoms. The lowest BCUT2D eigenvalue weighted by molar-refractivity contribution is 0.427. The maximum absolute atomic E-state index is 4.42. The molecule has 0 amide bonds. The van der Waals surface area contributed by atoms with Crippen molar-refractivity contribution in [3.63, 3.8) is 0 Å². The molecule has 2 heterocycles. The highest BCUT2D eigenvalue weighted by Crippen LogP contribution is 2.29. The number of rotatable bonds is 4. The maximum Gasteiger partial charge on any atom is 0.107 e. The van der Waals surface area contributed by atoms with E-state index in [1.807, 2.05) is 6.20 Å². The molecule has 2 aromatic rings. The van der Waals surface area contributed by atoms with Gasteiger partial charge in [0.1, 0.15) is 5.82 Å². The van der Waals surface area contributed by atoms with Gasteiger partial charge in [-0.1, -0.05) is 0 Å². The molecule has 0 aromatic carbocycles. The number of halogens is 1. The molecule has 0 saturated heterocycles. The summed E-state index contributed by atoms with van der Waals surface area (Å²) < 4.78 is 1.14. The lowest BCUT2D eigenvalue weighted by Crippen LogP contribution is -2.37. The number of hydrogen-bond donors (Lipinski definition) is 2. The van der Waals surface area contributed by atoms with Gasteiger partial charge in [0, 0.05) is 18.5 Å². The van der Waals surface area contributed by atoms with Gasteiger partial charge in [0.15, 0.2) is 0 Å². The van der Waals surface area contributed by atoms with Gasteiger partial charge in [-0.3, -0.25) is 0 Å². The van der Waals surface area contributed by atoms with Crippen LogP contribution in [0.1, 0.15) is 26.6 Å². The third-order valence-electron chi connectivity index (χ3n) is 2.48. The Labute approximate surface area is 120 Å². The molecule has 0 spiro atoms. The van der Waals surface area contributed by atoms with E-state index >= 15 is 0 Å². The number of nitrogens with one attached hydrogen (secondary N) is 2. The maximum atomic E-state index is 4.42. The summed E-state index contributed by atoms with van der Waals surface area (Å²) in [5, 5.41) is 3.46. The molecule has 3 nitrogen and oxygen atoms in total. The minimum absolute atomic E-state index is 0.161. The molecule has 0 radical (unpaired) electrons. The van der Waals surface area contributed by atoms with Crippen molar-refractivity contribution in [2.45, 2.75) is 32.7 Å². The van der Waals surface area contributed by atoms with Crippen molar-refractivity contribution in [1.29, 1.82) is 0 Å².